The fourth-order valence-corrected chi connectivity index (χ4v) is 3.47. The fourth-order valence-electron chi connectivity index (χ4n) is 2.54. The number of hydrogen-bond donors (Lipinski definition) is 2. The maximum Gasteiger partial charge on any atom is 0.329 e. The second kappa shape index (κ2) is 8.07. The molecule has 0 fully saturated rings. The number of para-hydroxylation sites is 1. The second-order valence-corrected chi connectivity index (χ2v) is 7.24. The third-order valence-electron chi connectivity index (χ3n) is 4.01. The van der Waals surface area contributed by atoms with Gasteiger partial charge in [0.15, 0.2) is 10.8 Å². The molecule has 0 radical (unpaired) electrons. The van der Waals surface area contributed by atoms with Gasteiger partial charge < -0.3 is 9.73 Å². The fraction of sp³-hybridized carbons (Fsp3) is 0.0476. The van der Waals surface area contributed by atoms with E-state index < -0.39 is 11.8 Å². The highest BCUT2D eigenvalue weighted by molar-refractivity contribution is 7.21. The summed E-state index contributed by atoms with van der Waals surface area (Å²) in [6.45, 7) is 1.93. The Labute approximate surface area is 170 Å². The van der Waals surface area contributed by atoms with Crippen molar-refractivity contribution in [2.24, 2.45) is 5.10 Å². The van der Waals surface area contributed by atoms with E-state index in [1.165, 1.54) is 17.6 Å². The topological polar surface area (TPSA) is 96.6 Å². The number of nitrogens with zero attached hydrogens (tertiary/aromatic N) is 2. The highest BCUT2D eigenvalue weighted by atomic mass is 32.1. The van der Waals surface area contributed by atoms with E-state index in [1.54, 1.807) is 24.3 Å². The number of benzene rings is 2. The van der Waals surface area contributed by atoms with Gasteiger partial charge in [0, 0.05) is 5.69 Å². The lowest BCUT2D eigenvalue weighted by Crippen LogP contribution is -2.32. The average molecular weight is 404 g/mol. The first-order valence-corrected chi connectivity index (χ1v) is 9.57. The molecule has 0 aliphatic rings. The Bertz CT molecular complexity index is 1180. The third-order valence-corrected chi connectivity index (χ3v) is 5.06. The summed E-state index contributed by atoms with van der Waals surface area (Å²) in [6, 6.07) is 18.4. The molecular formula is C21H16N4O3S. The van der Waals surface area contributed by atoms with E-state index in [1.807, 2.05) is 43.3 Å². The van der Waals surface area contributed by atoms with Crippen LogP contribution in [0.25, 0.3) is 21.0 Å². The number of carbonyl (C=O) groups is 2. The number of fused-ring (bicyclic) bond motifs is 1. The number of carbonyl (C=O) groups excluding carboxylic acids is 2. The molecule has 0 unspecified atom stereocenters. The summed E-state index contributed by atoms with van der Waals surface area (Å²) in [4.78, 5) is 28.3. The predicted octanol–water partition coefficient (Wildman–Crippen LogP) is 3.95. The van der Waals surface area contributed by atoms with Crippen LogP contribution in [0.4, 0.5) is 5.69 Å². The van der Waals surface area contributed by atoms with Crippen LogP contribution in [0.2, 0.25) is 0 Å². The van der Waals surface area contributed by atoms with Crippen LogP contribution in [0.5, 0.6) is 0 Å². The van der Waals surface area contributed by atoms with Crippen LogP contribution in [0.15, 0.2) is 70.2 Å². The lowest BCUT2D eigenvalue weighted by atomic mass is 10.2. The number of aryl methyl sites for hydroxylation is 1. The quantitative estimate of drug-likeness (QED) is 0.306. The molecule has 4 aromatic rings. The van der Waals surface area contributed by atoms with E-state index in [0.717, 1.165) is 20.8 Å². The van der Waals surface area contributed by atoms with E-state index in [0.29, 0.717) is 17.2 Å². The molecular weight excluding hydrogens is 388 g/mol. The molecule has 29 heavy (non-hydrogen) atoms. The van der Waals surface area contributed by atoms with Crippen LogP contribution in [0, 0.1) is 6.92 Å². The molecule has 0 bridgehead atoms. The van der Waals surface area contributed by atoms with E-state index in [2.05, 4.69) is 20.8 Å². The Morgan fingerprint density at radius 2 is 1.83 bits per heavy atom. The monoisotopic (exact) mass is 404 g/mol. The summed E-state index contributed by atoms with van der Waals surface area (Å²) in [5, 5.41) is 7.03. The van der Waals surface area contributed by atoms with Crippen LogP contribution in [0.3, 0.4) is 0 Å². The molecule has 4 rings (SSSR count). The van der Waals surface area contributed by atoms with Crippen molar-refractivity contribution < 1.29 is 14.0 Å². The SMILES string of the molecule is Cc1ccc(NC(=O)C(=O)N/N=C\c2ccc(-c3nc4ccccc4s3)o2)cc1. The van der Waals surface area contributed by atoms with Crippen molar-refractivity contribution in [1.29, 1.82) is 0 Å². The lowest BCUT2D eigenvalue weighted by molar-refractivity contribution is -0.136. The van der Waals surface area contributed by atoms with Gasteiger partial charge in [-0.3, -0.25) is 9.59 Å². The summed E-state index contributed by atoms with van der Waals surface area (Å²) in [7, 11) is 0. The minimum atomic E-state index is -0.875. The number of thiazole rings is 1. The maximum atomic E-state index is 11.9. The van der Waals surface area contributed by atoms with Crippen LogP contribution >= 0.6 is 11.3 Å². The van der Waals surface area contributed by atoms with Crippen LogP contribution in [0.1, 0.15) is 11.3 Å². The van der Waals surface area contributed by atoms with E-state index >= 15 is 0 Å². The maximum absolute atomic E-state index is 11.9. The van der Waals surface area contributed by atoms with Gasteiger partial charge >= 0.3 is 11.8 Å². The number of rotatable bonds is 4. The molecule has 2 amide bonds. The van der Waals surface area contributed by atoms with Crippen LogP contribution in [-0.4, -0.2) is 23.0 Å². The van der Waals surface area contributed by atoms with Gasteiger partial charge in [-0.15, -0.1) is 11.3 Å². The average Bonchev–Trinajstić information content (AvgIpc) is 3.36. The number of hydrogen-bond acceptors (Lipinski definition) is 6. The molecule has 0 saturated heterocycles. The first kappa shape index (κ1) is 18.6. The van der Waals surface area contributed by atoms with E-state index in [4.69, 9.17) is 4.42 Å². The Balaban J connectivity index is 1.36. The number of amides is 2. The van der Waals surface area contributed by atoms with Crippen LogP contribution in [-0.2, 0) is 9.59 Å². The van der Waals surface area contributed by atoms with Gasteiger partial charge in [-0.25, -0.2) is 10.4 Å². The zero-order chi connectivity index (χ0) is 20.2. The lowest BCUT2D eigenvalue weighted by Gasteiger charge is -2.03. The van der Waals surface area contributed by atoms with Gasteiger partial charge in [0.25, 0.3) is 0 Å². The minimum absolute atomic E-state index is 0.429. The zero-order valence-corrected chi connectivity index (χ0v) is 16.2. The molecule has 0 aliphatic carbocycles. The Hall–Kier alpha value is -3.78. The summed E-state index contributed by atoms with van der Waals surface area (Å²) < 4.78 is 6.77. The smallest absolute Gasteiger partial charge is 0.329 e. The second-order valence-electron chi connectivity index (χ2n) is 6.21. The largest absolute Gasteiger partial charge is 0.453 e. The first-order valence-electron chi connectivity index (χ1n) is 8.75. The van der Waals surface area contributed by atoms with Crippen molar-refractivity contribution in [2.45, 2.75) is 6.92 Å². The van der Waals surface area contributed by atoms with Crippen molar-refractivity contribution >= 4 is 45.3 Å². The molecule has 7 nitrogen and oxygen atoms in total. The normalized spacial score (nSPS) is 11.1. The molecule has 8 heteroatoms. The summed E-state index contributed by atoms with van der Waals surface area (Å²) >= 11 is 1.53. The molecule has 0 aliphatic heterocycles. The highest BCUT2D eigenvalue weighted by Gasteiger charge is 2.13. The van der Waals surface area contributed by atoms with Gasteiger partial charge in [-0.05, 0) is 43.3 Å². The molecule has 2 aromatic heterocycles. The number of nitrogens with one attached hydrogen (secondary N) is 2. The Kier molecular flexibility index (Phi) is 5.17. The molecule has 2 aromatic carbocycles. The highest BCUT2D eigenvalue weighted by Crippen LogP contribution is 2.30. The number of aromatic nitrogens is 1. The van der Waals surface area contributed by atoms with Gasteiger partial charge in [0.1, 0.15) is 5.76 Å². The standard InChI is InChI=1S/C21H16N4O3S/c1-13-6-8-14(9-7-13)23-19(26)20(27)25-22-12-15-10-11-17(28-15)21-24-16-4-2-3-5-18(16)29-21/h2-12H,1H3,(H,23,26)(H,25,27)/b22-12-. The van der Waals surface area contributed by atoms with Crippen molar-refractivity contribution in [2.75, 3.05) is 5.32 Å². The Morgan fingerprint density at radius 3 is 2.62 bits per heavy atom. The number of furan rings is 1. The molecule has 0 spiro atoms. The van der Waals surface area contributed by atoms with Crippen molar-refractivity contribution in [3.05, 3.63) is 72.0 Å². The van der Waals surface area contributed by atoms with Gasteiger partial charge in [0.05, 0.1) is 16.4 Å². The van der Waals surface area contributed by atoms with Crippen LogP contribution < -0.4 is 10.7 Å². The molecule has 2 N–H and O–H groups in total. The van der Waals surface area contributed by atoms with E-state index in [9.17, 15) is 9.59 Å². The number of anilines is 1. The summed E-state index contributed by atoms with van der Waals surface area (Å²) in [6.07, 6.45) is 1.33. The van der Waals surface area contributed by atoms with Gasteiger partial charge in [0.2, 0.25) is 0 Å². The third kappa shape index (κ3) is 4.39. The summed E-state index contributed by atoms with van der Waals surface area (Å²) in [5.41, 5.74) is 4.68. The molecule has 144 valence electrons. The molecule has 2 heterocycles. The Morgan fingerprint density at radius 1 is 1.03 bits per heavy atom. The van der Waals surface area contributed by atoms with Crippen molar-refractivity contribution in [3.63, 3.8) is 0 Å². The zero-order valence-electron chi connectivity index (χ0n) is 15.4. The van der Waals surface area contributed by atoms with Crippen molar-refractivity contribution in [3.8, 4) is 10.8 Å². The summed E-state index contributed by atoms with van der Waals surface area (Å²) in [5.74, 6) is -0.644. The van der Waals surface area contributed by atoms with Gasteiger partial charge in [-0.1, -0.05) is 29.8 Å². The number of hydrazone groups is 1. The van der Waals surface area contributed by atoms with Crippen molar-refractivity contribution in [1.82, 2.24) is 10.4 Å². The van der Waals surface area contributed by atoms with Gasteiger partial charge in [-0.2, -0.15) is 5.10 Å². The minimum Gasteiger partial charge on any atom is -0.453 e. The first-order chi connectivity index (χ1) is 14.1. The predicted molar refractivity (Wildman–Crippen MR) is 113 cm³/mol. The molecule has 0 saturated carbocycles. The molecule has 0 atom stereocenters. The van der Waals surface area contributed by atoms with E-state index in [-0.39, 0.29) is 0 Å².